The molecule has 1 heterocycles. The normalized spacial score (nSPS) is 16.4. The molecule has 0 bridgehead atoms. The highest BCUT2D eigenvalue weighted by Crippen LogP contribution is 2.19. The number of hydrogen-bond acceptors (Lipinski definition) is 3. The van der Waals surface area contributed by atoms with Crippen LogP contribution in [0.25, 0.3) is 0 Å². The maximum Gasteiger partial charge on any atom is 0.238 e. The standard InChI is InChI=1S/C12H14F2N2O2/c13-9-2-1-3-10(14)12(9)15-11(18)6-16-4-8(5-16)7-17/h1-3,8,17H,4-7H2,(H,15,18). The third-order valence-electron chi connectivity index (χ3n) is 2.89. The lowest BCUT2D eigenvalue weighted by Gasteiger charge is -2.37. The number of carbonyl (C=O) groups excluding carboxylic acids is 1. The highest BCUT2D eigenvalue weighted by Gasteiger charge is 2.27. The van der Waals surface area contributed by atoms with Gasteiger partial charge in [0.1, 0.15) is 17.3 Å². The lowest BCUT2D eigenvalue weighted by atomic mass is 10.0. The fourth-order valence-electron chi connectivity index (χ4n) is 1.92. The molecule has 1 saturated heterocycles. The molecule has 1 amide bonds. The zero-order chi connectivity index (χ0) is 13.1. The molecule has 18 heavy (non-hydrogen) atoms. The molecule has 1 aromatic carbocycles. The second-order valence-electron chi connectivity index (χ2n) is 4.39. The predicted octanol–water partition coefficient (Wildman–Crippen LogP) is 0.827. The van der Waals surface area contributed by atoms with Gasteiger partial charge in [-0.1, -0.05) is 6.07 Å². The Morgan fingerprint density at radius 3 is 2.56 bits per heavy atom. The molecule has 1 aliphatic heterocycles. The number of benzene rings is 1. The van der Waals surface area contributed by atoms with Crippen LogP contribution in [0.15, 0.2) is 18.2 Å². The number of amides is 1. The number of para-hydroxylation sites is 1. The Morgan fingerprint density at radius 1 is 1.39 bits per heavy atom. The van der Waals surface area contributed by atoms with Crippen molar-refractivity contribution < 1.29 is 18.7 Å². The molecule has 0 spiro atoms. The number of rotatable bonds is 4. The van der Waals surface area contributed by atoms with E-state index in [1.54, 1.807) is 4.90 Å². The van der Waals surface area contributed by atoms with E-state index < -0.39 is 23.2 Å². The van der Waals surface area contributed by atoms with Crippen LogP contribution in [0.1, 0.15) is 0 Å². The number of aliphatic hydroxyl groups excluding tert-OH is 1. The lowest BCUT2D eigenvalue weighted by Crippen LogP contribution is -2.51. The van der Waals surface area contributed by atoms with Crippen molar-refractivity contribution in [3.05, 3.63) is 29.8 Å². The molecule has 4 nitrogen and oxygen atoms in total. The zero-order valence-electron chi connectivity index (χ0n) is 9.70. The highest BCUT2D eigenvalue weighted by molar-refractivity contribution is 5.92. The molecule has 6 heteroatoms. The second kappa shape index (κ2) is 5.41. The summed E-state index contributed by atoms with van der Waals surface area (Å²) in [6.07, 6.45) is 0. The minimum Gasteiger partial charge on any atom is -0.396 e. The maximum absolute atomic E-state index is 13.3. The Labute approximate surface area is 103 Å². The lowest BCUT2D eigenvalue weighted by molar-refractivity contribution is -0.119. The average molecular weight is 256 g/mol. The van der Waals surface area contributed by atoms with Crippen molar-refractivity contribution in [1.82, 2.24) is 4.90 Å². The van der Waals surface area contributed by atoms with E-state index in [9.17, 15) is 13.6 Å². The van der Waals surface area contributed by atoms with Crippen LogP contribution in [0.2, 0.25) is 0 Å². The van der Waals surface area contributed by atoms with Crippen LogP contribution >= 0.6 is 0 Å². The van der Waals surface area contributed by atoms with E-state index in [4.69, 9.17) is 5.11 Å². The summed E-state index contributed by atoms with van der Waals surface area (Å²) in [6.45, 7) is 1.43. The summed E-state index contributed by atoms with van der Waals surface area (Å²) in [4.78, 5) is 13.4. The van der Waals surface area contributed by atoms with Gasteiger partial charge in [0.25, 0.3) is 0 Å². The Morgan fingerprint density at radius 2 is 2.00 bits per heavy atom. The second-order valence-corrected chi connectivity index (χ2v) is 4.39. The molecule has 0 atom stereocenters. The van der Waals surface area contributed by atoms with Gasteiger partial charge in [0.2, 0.25) is 5.91 Å². The molecular weight excluding hydrogens is 242 g/mol. The summed E-state index contributed by atoms with van der Waals surface area (Å²) in [7, 11) is 0. The van der Waals surface area contributed by atoms with Crippen LogP contribution in [0.5, 0.6) is 0 Å². The van der Waals surface area contributed by atoms with Crippen molar-refractivity contribution in [3.63, 3.8) is 0 Å². The first-order valence-electron chi connectivity index (χ1n) is 5.67. The first-order chi connectivity index (χ1) is 8.60. The Hall–Kier alpha value is -1.53. The summed E-state index contributed by atoms with van der Waals surface area (Å²) < 4.78 is 26.5. The summed E-state index contributed by atoms with van der Waals surface area (Å²) in [5, 5.41) is 11.0. The fourth-order valence-corrected chi connectivity index (χ4v) is 1.92. The minimum absolute atomic E-state index is 0.0737. The number of nitrogens with zero attached hydrogens (tertiary/aromatic N) is 1. The quantitative estimate of drug-likeness (QED) is 0.839. The van der Waals surface area contributed by atoms with Gasteiger partial charge in [-0.3, -0.25) is 9.69 Å². The van der Waals surface area contributed by atoms with E-state index in [0.717, 1.165) is 12.1 Å². The van der Waals surface area contributed by atoms with Crippen molar-refractivity contribution in [2.75, 3.05) is 31.6 Å². The van der Waals surface area contributed by atoms with Crippen molar-refractivity contribution in [1.29, 1.82) is 0 Å². The van der Waals surface area contributed by atoms with Crippen LogP contribution in [0.4, 0.5) is 14.5 Å². The molecule has 0 unspecified atom stereocenters. The summed E-state index contributed by atoms with van der Waals surface area (Å²) in [5.74, 6) is -1.85. The summed E-state index contributed by atoms with van der Waals surface area (Å²) in [6, 6.07) is 3.41. The van der Waals surface area contributed by atoms with Crippen molar-refractivity contribution >= 4 is 11.6 Å². The smallest absolute Gasteiger partial charge is 0.238 e. The number of anilines is 1. The third kappa shape index (κ3) is 2.83. The molecule has 1 aliphatic rings. The van der Waals surface area contributed by atoms with Gasteiger partial charge in [-0.15, -0.1) is 0 Å². The molecular formula is C12H14F2N2O2. The number of aliphatic hydroxyl groups is 1. The Kier molecular flexibility index (Phi) is 3.88. The zero-order valence-corrected chi connectivity index (χ0v) is 9.70. The Bertz CT molecular complexity index is 427. The van der Waals surface area contributed by atoms with Crippen molar-refractivity contribution in [3.8, 4) is 0 Å². The molecule has 0 aromatic heterocycles. The molecule has 0 radical (unpaired) electrons. The molecule has 2 rings (SSSR count). The van der Waals surface area contributed by atoms with E-state index in [1.165, 1.54) is 6.07 Å². The SMILES string of the molecule is O=C(CN1CC(CO)C1)Nc1c(F)cccc1F. The molecule has 2 N–H and O–H groups in total. The topological polar surface area (TPSA) is 52.6 Å². The van der Waals surface area contributed by atoms with Gasteiger partial charge in [-0.25, -0.2) is 8.78 Å². The number of likely N-dealkylation sites (tertiary alicyclic amines) is 1. The number of carbonyl (C=O) groups is 1. The van der Waals surface area contributed by atoms with E-state index in [2.05, 4.69) is 5.32 Å². The van der Waals surface area contributed by atoms with Gasteiger partial charge < -0.3 is 10.4 Å². The number of nitrogens with one attached hydrogen (secondary N) is 1. The first kappa shape index (κ1) is 12.9. The molecule has 1 fully saturated rings. The van der Waals surface area contributed by atoms with Gasteiger partial charge in [-0.05, 0) is 12.1 Å². The van der Waals surface area contributed by atoms with Gasteiger partial charge >= 0.3 is 0 Å². The largest absolute Gasteiger partial charge is 0.396 e. The predicted molar refractivity (Wildman–Crippen MR) is 62.0 cm³/mol. The van der Waals surface area contributed by atoms with Crippen LogP contribution in [0, 0.1) is 17.6 Å². The van der Waals surface area contributed by atoms with E-state index in [-0.39, 0.29) is 19.1 Å². The van der Waals surface area contributed by atoms with Gasteiger partial charge in [-0.2, -0.15) is 0 Å². The van der Waals surface area contributed by atoms with Gasteiger partial charge in [0.05, 0.1) is 6.54 Å². The van der Waals surface area contributed by atoms with Gasteiger partial charge in [0, 0.05) is 25.6 Å². The van der Waals surface area contributed by atoms with Crippen molar-refractivity contribution in [2.45, 2.75) is 0 Å². The molecule has 0 saturated carbocycles. The minimum atomic E-state index is -0.791. The number of halogens is 2. The highest BCUT2D eigenvalue weighted by atomic mass is 19.1. The van der Waals surface area contributed by atoms with Crippen LogP contribution < -0.4 is 5.32 Å². The molecule has 98 valence electrons. The number of hydrogen-bond donors (Lipinski definition) is 2. The Balaban J connectivity index is 1.88. The van der Waals surface area contributed by atoms with E-state index in [0.29, 0.717) is 13.1 Å². The molecule has 0 aliphatic carbocycles. The van der Waals surface area contributed by atoms with Crippen LogP contribution in [-0.2, 0) is 4.79 Å². The fraction of sp³-hybridized carbons (Fsp3) is 0.417. The van der Waals surface area contributed by atoms with Crippen LogP contribution in [0.3, 0.4) is 0 Å². The van der Waals surface area contributed by atoms with E-state index >= 15 is 0 Å². The van der Waals surface area contributed by atoms with E-state index in [1.807, 2.05) is 0 Å². The molecule has 1 aromatic rings. The van der Waals surface area contributed by atoms with Gasteiger partial charge in [0.15, 0.2) is 0 Å². The summed E-state index contributed by atoms with van der Waals surface area (Å²) in [5.41, 5.74) is -0.415. The maximum atomic E-state index is 13.3. The van der Waals surface area contributed by atoms with Crippen molar-refractivity contribution in [2.24, 2.45) is 5.92 Å². The van der Waals surface area contributed by atoms with Crippen LogP contribution in [-0.4, -0.2) is 42.2 Å². The average Bonchev–Trinajstić information content (AvgIpc) is 2.28. The monoisotopic (exact) mass is 256 g/mol. The summed E-state index contributed by atoms with van der Waals surface area (Å²) >= 11 is 0. The first-order valence-corrected chi connectivity index (χ1v) is 5.67. The third-order valence-corrected chi connectivity index (χ3v) is 2.89.